The first-order valence-electron chi connectivity index (χ1n) is 5.34. The standard InChI is InChI=1S/C11H12N2S.N3/c1-2-4-9(5-3-1)10-8-13-6-7-14-11(13)12-10;1-3-2/h1-5,10H,6-8H2;/q;-1/t10-;/m1./s1. The van der Waals surface area contributed by atoms with Crippen LogP contribution in [0.25, 0.3) is 16.0 Å². The molecule has 0 bridgehead atoms. The largest absolute Gasteiger partial charge is 0.373 e. The van der Waals surface area contributed by atoms with Gasteiger partial charge in [-0.15, -0.1) is 0 Å². The van der Waals surface area contributed by atoms with Gasteiger partial charge >= 0.3 is 0 Å². The van der Waals surface area contributed by atoms with Crippen LogP contribution in [0.5, 0.6) is 0 Å². The van der Waals surface area contributed by atoms with Gasteiger partial charge in [-0.2, -0.15) is 0 Å². The van der Waals surface area contributed by atoms with Crippen molar-refractivity contribution in [2.45, 2.75) is 6.04 Å². The van der Waals surface area contributed by atoms with E-state index in [9.17, 15) is 0 Å². The van der Waals surface area contributed by atoms with Crippen LogP contribution in [0.4, 0.5) is 0 Å². The summed E-state index contributed by atoms with van der Waals surface area (Å²) in [4.78, 5) is 8.62. The molecular formula is C11H12N5S-. The second kappa shape index (κ2) is 5.61. The van der Waals surface area contributed by atoms with Crippen LogP contribution < -0.4 is 0 Å². The van der Waals surface area contributed by atoms with Crippen LogP contribution >= 0.6 is 11.8 Å². The lowest BCUT2D eigenvalue weighted by atomic mass is 10.1. The van der Waals surface area contributed by atoms with E-state index in [0.29, 0.717) is 6.04 Å². The fourth-order valence-corrected chi connectivity index (χ4v) is 3.00. The Labute approximate surface area is 104 Å². The average molecular weight is 246 g/mol. The first-order valence-corrected chi connectivity index (χ1v) is 6.32. The van der Waals surface area contributed by atoms with Crippen LogP contribution in [0.2, 0.25) is 0 Å². The van der Waals surface area contributed by atoms with E-state index in [1.54, 1.807) is 0 Å². The third kappa shape index (κ3) is 2.72. The van der Waals surface area contributed by atoms with Gasteiger partial charge in [-0.25, -0.2) is 0 Å². The van der Waals surface area contributed by atoms with Gasteiger partial charge in [0.2, 0.25) is 0 Å². The van der Waals surface area contributed by atoms with Gasteiger partial charge in [-0.1, -0.05) is 42.1 Å². The van der Waals surface area contributed by atoms with Crippen LogP contribution in [-0.2, 0) is 0 Å². The highest BCUT2D eigenvalue weighted by molar-refractivity contribution is 8.14. The molecule has 2 heterocycles. The molecule has 0 N–H and O–H groups in total. The molecule has 1 atom stereocenters. The molecule has 0 aromatic heterocycles. The molecule has 5 nitrogen and oxygen atoms in total. The summed E-state index contributed by atoms with van der Waals surface area (Å²) >= 11 is 1.89. The SMILES string of the molecule is [N-]=[N+]=[N-].c1ccc([C@H]2CN3CCSC3=N2)cc1. The number of rotatable bonds is 1. The normalized spacial score (nSPS) is 21.1. The predicted molar refractivity (Wildman–Crippen MR) is 70.7 cm³/mol. The van der Waals surface area contributed by atoms with E-state index in [0.717, 1.165) is 6.54 Å². The summed E-state index contributed by atoms with van der Waals surface area (Å²) in [6.07, 6.45) is 0. The van der Waals surface area contributed by atoms with Crippen molar-refractivity contribution >= 4 is 16.9 Å². The summed E-state index contributed by atoms with van der Waals surface area (Å²) in [6, 6.07) is 10.9. The molecule has 0 saturated carbocycles. The number of nitrogens with zero attached hydrogens (tertiary/aromatic N) is 5. The molecule has 3 rings (SSSR count). The number of fused-ring (bicyclic) bond motifs is 1. The van der Waals surface area contributed by atoms with Crippen LogP contribution in [0, 0.1) is 0 Å². The minimum Gasteiger partial charge on any atom is -0.373 e. The van der Waals surface area contributed by atoms with Crippen molar-refractivity contribution in [3.8, 4) is 0 Å². The molecule has 1 fully saturated rings. The highest BCUT2D eigenvalue weighted by atomic mass is 32.2. The molecule has 0 aliphatic carbocycles. The summed E-state index contributed by atoms with van der Waals surface area (Å²) in [6.45, 7) is 2.25. The summed E-state index contributed by atoms with van der Waals surface area (Å²) in [5.74, 6) is 1.21. The Morgan fingerprint density at radius 1 is 1.29 bits per heavy atom. The molecule has 1 saturated heterocycles. The summed E-state index contributed by atoms with van der Waals surface area (Å²) in [5.41, 5.74) is 14.8. The van der Waals surface area contributed by atoms with E-state index in [1.807, 2.05) is 11.8 Å². The van der Waals surface area contributed by atoms with Crippen molar-refractivity contribution < 1.29 is 0 Å². The Morgan fingerprint density at radius 3 is 2.65 bits per heavy atom. The zero-order valence-electron chi connectivity index (χ0n) is 9.23. The van der Waals surface area contributed by atoms with Gasteiger partial charge in [0.25, 0.3) is 0 Å². The Morgan fingerprint density at radius 2 is 2.00 bits per heavy atom. The average Bonchev–Trinajstić information content (AvgIpc) is 2.91. The minimum atomic E-state index is 0.374. The van der Waals surface area contributed by atoms with Gasteiger partial charge in [0.15, 0.2) is 5.17 Å². The van der Waals surface area contributed by atoms with Crippen molar-refractivity contribution in [3.05, 3.63) is 51.9 Å². The number of hydrogen-bond donors (Lipinski definition) is 0. The van der Waals surface area contributed by atoms with Crippen molar-refractivity contribution in [2.75, 3.05) is 18.8 Å². The molecule has 0 radical (unpaired) electrons. The molecule has 2 aliphatic heterocycles. The molecule has 0 amide bonds. The van der Waals surface area contributed by atoms with Crippen LogP contribution in [0.1, 0.15) is 11.6 Å². The lowest BCUT2D eigenvalue weighted by molar-refractivity contribution is 0.464. The topological polar surface area (TPSA) is 74.3 Å². The zero-order valence-corrected chi connectivity index (χ0v) is 10.0. The number of hydrogen-bond acceptors (Lipinski definition) is 3. The van der Waals surface area contributed by atoms with Crippen LogP contribution in [-0.4, -0.2) is 28.9 Å². The molecule has 0 unspecified atom stereocenters. The lowest BCUT2D eigenvalue weighted by Crippen LogP contribution is -2.21. The van der Waals surface area contributed by atoms with Gasteiger partial charge in [-0.3, -0.25) is 9.90 Å². The fourth-order valence-electron chi connectivity index (χ4n) is 1.96. The maximum absolute atomic E-state index is 6.75. The van der Waals surface area contributed by atoms with Crippen LogP contribution in [0.15, 0.2) is 35.3 Å². The highest BCUT2D eigenvalue weighted by Gasteiger charge is 2.29. The molecule has 88 valence electrons. The first kappa shape index (κ1) is 11.8. The Balaban J connectivity index is 0.000000329. The van der Waals surface area contributed by atoms with Crippen molar-refractivity contribution in [3.63, 3.8) is 0 Å². The summed E-state index contributed by atoms with van der Waals surface area (Å²) < 4.78 is 0. The third-order valence-electron chi connectivity index (χ3n) is 2.71. The summed E-state index contributed by atoms with van der Waals surface area (Å²) in [5, 5.41) is 1.25. The number of aliphatic imine (C=N–C) groups is 1. The number of amidine groups is 1. The highest BCUT2D eigenvalue weighted by Crippen LogP contribution is 2.31. The zero-order chi connectivity index (χ0) is 12.1. The number of benzene rings is 1. The van der Waals surface area contributed by atoms with Gasteiger partial charge in [-0.05, 0) is 5.56 Å². The fraction of sp³-hybridized carbons (Fsp3) is 0.364. The van der Waals surface area contributed by atoms with Gasteiger partial charge in [0, 0.05) is 18.8 Å². The van der Waals surface area contributed by atoms with E-state index in [4.69, 9.17) is 16.1 Å². The lowest BCUT2D eigenvalue weighted by Gasteiger charge is -2.12. The maximum Gasteiger partial charge on any atom is 0.160 e. The smallest absolute Gasteiger partial charge is 0.160 e. The molecular weight excluding hydrogens is 234 g/mol. The van der Waals surface area contributed by atoms with Gasteiger partial charge in [0.1, 0.15) is 0 Å². The Bertz CT molecular complexity index is 438. The van der Waals surface area contributed by atoms with E-state index >= 15 is 0 Å². The summed E-state index contributed by atoms with van der Waals surface area (Å²) in [7, 11) is 0. The predicted octanol–water partition coefficient (Wildman–Crippen LogP) is 3.01. The Kier molecular flexibility index (Phi) is 3.90. The van der Waals surface area contributed by atoms with Gasteiger partial charge < -0.3 is 16.0 Å². The molecule has 1 aromatic rings. The van der Waals surface area contributed by atoms with Crippen LogP contribution in [0.3, 0.4) is 0 Å². The van der Waals surface area contributed by atoms with Crippen molar-refractivity contribution in [1.82, 2.24) is 4.90 Å². The number of thioether (sulfide) groups is 1. The van der Waals surface area contributed by atoms with E-state index in [2.05, 4.69) is 35.2 Å². The third-order valence-corrected chi connectivity index (χ3v) is 3.72. The van der Waals surface area contributed by atoms with Crippen molar-refractivity contribution in [2.24, 2.45) is 4.99 Å². The van der Waals surface area contributed by atoms with E-state index < -0.39 is 0 Å². The second-order valence-electron chi connectivity index (χ2n) is 3.72. The molecule has 6 heteroatoms. The minimum absolute atomic E-state index is 0.374. The molecule has 17 heavy (non-hydrogen) atoms. The quantitative estimate of drug-likeness (QED) is 0.434. The van der Waals surface area contributed by atoms with E-state index in [1.165, 1.54) is 27.9 Å². The first-order chi connectivity index (χ1) is 8.35. The Hall–Kier alpha value is -1.65. The monoisotopic (exact) mass is 246 g/mol. The maximum atomic E-state index is 6.75. The second-order valence-corrected chi connectivity index (χ2v) is 4.78. The van der Waals surface area contributed by atoms with E-state index in [-0.39, 0.29) is 0 Å². The van der Waals surface area contributed by atoms with Gasteiger partial charge in [0.05, 0.1) is 6.04 Å². The van der Waals surface area contributed by atoms with Crippen molar-refractivity contribution in [1.29, 1.82) is 0 Å². The molecule has 0 spiro atoms. The molecule has 2 aliphatic rings. The molecule has 1 aromatic carbocycles.